The number of aliphatic hydroxyl groups excluding tert-OH is 1. The van der Waals surface area contributed by atoms with Crippen molar-refractivity contribution in [2.45, 2.75) is 44.7 Å². The molecule has 0 amide bonds. The van der Waals surface area contributed by atoms with Crippen molar-refractivity contribution in [3.63, 3.8) is 0 Å². The average molecular weight is 186 g/mol. The van der Waals surface area contributed by atoms with Gasteiger partial charge in [0.25, 0.3) is 0 Å². The van der Waals surface area contributed by atoms with Gasteiger partial charge in [-0.1, -0.05) is 0 Å². The molecule has 3 N–H and O–H groups in total. The molecule has 1 rings (SSSR count). The summed E-state index contributed by atoms with van der Waals surface area (Å²) in [5.74, 6) is 0. The molecule has 0 radical (unpaired) electrons. The number of unbranched alkanes of at least 4 members (excludes halogenated alkanes) is 1. The van der Waals surface area contributed by atoms with E-state index in [1.807, 2.05) is 0 Å². The van der Waals surface area contributed by atoms with E-state index in [4.69, 9.17) is 5.11 Å². The van der Waals surface area contributed by atoms with Gasteiger partial charge in [-0.15, -0.1) is 0 Å². The highest BCUT2D eigenvalue weighted by Crippen LogP contribution is 2.18. The molecule has 0 bridgehead atoms. The van der Waals surface area contributed by atoms with Crippen molar-refractivity contribution < 1.29 is 5.11 Å². The van der Waals surface area contributed by atoms with Gasteiger partial charge in [-0.3, -0.25) is 0 Å². The van der Waals surface area contributed by atoms with E-state index in [1.54, 1.807) is 0 Å². The Bertz CT molecular complexity index is 126. The number of aliphatic hydroxyl groups is 1. The van der Waals surface area contributed by atoms with Crippen LogP contribution >= 0.6 is 0 Å². The Kier molecular flexibility index (Phi) is 5.35. The standard InChI is InChI=1S/C10H22N2O/c1-9(8-12-10-4-5-10)11-6-2-3-7-13/h9-13H,2-8H2,1H3. The lowest BCUT2D eigenvalue weighted by molar-refractivity contribution is 0.282. The molecule has 0 aliphatic heterocycles. The second-order valence-corrected chi connectivity index (χ2v) is 3.97. The molecule has 1 aliphatic carbocycles. The molecule has 1 saturated carbocycles. The third kappa shape index (κ3) is 6.02. The Hall–Kier alpha value is -0.120. The first-order valence-corrected chi connectivity index (χ1v) is 5.40. The SMILES string of the molecule is CC(CNC1CC1)NCCCCO. The fraction of sp³-hybridized carbons (Fsp3) is 1.00. The van der Waals surface area contributed by atoms with Gasteiger partial charge >= 0.3 is 0 Å². The maximum atomic E-state index is 8.58. The van der Waals surface area contributed by atoms with E-state index in [0.29, 0.717) is 12.6 Å². The van der Waals surface area contributed by atoms with Crippen molar-refractivity contribution in [3.05, 3.63) is 0 Å². The Labute approximate surface area is 80.9 Å². The van der Waals surface area contributed by atoms with Crippen molar-refractivity contribution in [2.24, 2.45) is 0 Å². The highest BCUT2D eigenvalue weighted by molar-refractivity contribution is 4.82. The Morgan fingerprint density at radius 1 is 1.38 bits per heavy atom. The first kappa shape index (κ1) is 11.0. The molecule has 1 unspecified atom stereocenters. The van der Waals surface area contributed by atoms with Crippen LogP contribution in [-0.4, -0.2) is 36.9 Å². The van der Waals surface area contributed by atoms with Gasteiger partial charge in [-0.05, 0) is 39.2 Å². The van der Waals surface area contributed by atoms with E-state index in [1.165, 1.54) is 12.8 Å². The van der Waals surface area contributed by atoms with E-state index in [0.717, 1.165) is 32.0 Å². The summed E-state index contributed by atoms with van der Waals surface area (Å²) < 4.78 is 0. The summed E-state index contributed by atoms with van der Waals surface area (Å²) in [5, 5.41) is 15.5. The summed E-state index contributed by atoms with van der Waals surface area (Å²) in [7, 11) is 0. The molecule has 1 fully saturated rings. The van der Waals surface area contributed by atoms with Crippen molar-refractivity contribution in [1.29, 1.82) is 0 Å². The first-order valence-electron chi connectivity index (χ1n) is 5.40. The van der Waals surface area contributed by atoms with Crippen LogP contribution in [-0.2, 0) is 0 Å². The second kappa shape index (κ2) is 6.35. The van der Waals surface area contributed by atoms with E-state index in [9.17, 15) is 0 Å². The van der Waals surface area contributed by atoms with Crippen LogP contribution in [0.2, 0.25) is 0 Å². The van der Waals surface area contributed by atoms with Crippen LogP contribution in [0.15, 0.2) is 0 Å². The molecule has 0 saturated heterocycles. The highest BCUT2D eigenvalue weighted by Gasteiger charge is 2.20. The first-order chi connectivity index (χ1) is 6.33. The van der Waals surface area contributed by atoms with E-state index in [-0.39, 0.29) is 0 Å². The fourth-order valence-electron chi connectivity index (χ4n) is 1.29. The molecule has 3 nitrogen and oxygen atoms in total. The van der Waals surface area contributed by atoms with Crippen LogP contribution in [0, 0.1) is 0 Å². The molecular formula is C10H22N2O. The van der Waals surface area contributed by atoms with Gasteiger partial charge in [0.2, 0.25) is 0 Å². The molecular weight excluding hydrogens is 164 g/mol. The smallest absolute Gasteiger partial charge is 0.0431 e. The lowest BCUT2D eigenvalue weighted by atomic mass is 10.3. The van der Waals surface area contributed by atoms with Crippen molar-refractivity contribution >= 4 is 0 Å². The summed E-state index contributed by atoms with van der Waals surface area (Å²) >= 11 is 0. The van der Waals surface area contributed by atoms with Crippen molar-refractivity contribution in [3.8, 4) is 0 Å². The fourth-order valence-corrected chi connectivity index (χ4v) is 1.29. The molecule has 0 aromatic carbocycles. The lowest BCUT2D eigenvalue weighted by Gasteiger charge is -2.13. The van der Waals surface area contributed by atoms with E-state index >= 15 is 0 Å². The van der Waals surface area contributed by atoms with Gasteiger partial charge < -0.3 is 15.7 Å². The minimum Gasteiger partial charge on any atom is -0.396 e. The third-order valence-electron chi connectivity index (χ3n) is 2.37. The van der Waals surface area contributed by atoms with E-state index < -0.39 is 0 Å². The third-order valence-corrected chi connectivity index (χ3v) is 2.37. The zero-order valence-electron chi connectivity index (χ0n) is 8.55. The predicted molar refractivity (Wildman–Crippen MR) is 54.8 cm³/mol. The largest absolute Gasteiger partial charge is 0.396 e. The summed E-state index contributed by atoms with van der Waals surface area (Å²) in [4.78, 5) is 0. The van der Waals surface area contributed by atoms with Gasteiger partial charge in [-0.25, -0.2) is 0 Å². The quantitative estimate of drug-likeness (QED) is 0.483. The molecule has 0 aromatic heterocycles. The van der Waals surface area contributed by atoms with Crippen LogP contribution in [0.3, 0.4) is 0 Å². The van der Waals surface area contributed by atoms with Crippen LogP contribution in [0.1, 0.15) is 32.6 Å². The van der Waals surface area contributed by atoms with Gasteiger partial charge in [0.15, 0.2) is 0 Å². The van der Waals surface area contributed by atoms with Gasteiger partial charge in [-0.2, -0.15) is 0 Å². The molecule has 13 heavy (non-hydrogen) atoms. The van der Waals surface area contributed by atoms with Crippen LogP contribution in [0.5, 0.6) is 0 Å². The summed E-state index contributed by atoms with van der Waals surface area (Å²) in [6.07, 6.45) is 4.70. The molecule has 0 aromatic rings. The molecule has 0 spiro atoms. The maximum Gasteiger partial charge on any atom is 0.0431 e. The second-order valence-electron chi connectivity index (χ2n) is 3.97. The Morgan fingerprint density at radius 3 is 2.77 bits per heavy atom. The summed E-state index contributed by atoms with van der Waals surface area (Å²) in [6, 6.07) is 1.36. The topological polar surface area (TPSA) is 44.3 Å². The molecule has 3 heteroatoms. The minimum absolute atomic E-state index is 0.316. The predicted octanol–water partition coefficient (Wildman–Crippen LogP) is 0.489. The van der Waals surface area contributed by atoms with Crippen LogP contribution in [0.25, 0.3) is 0 Å². The zero-order valence-corrected chi connectivity index (χ0v) is 8.55. The van der Waals surface area contributed by atoms with Crippen molar-refractivity contribution in [2.75, 3.05) is 19.7 Å². The van der Waals surface area contributed by atoms with Crippen LogP contribution < -0.4 is 10.6 Å². The van der Waals surface area contributed by atoms with Gasteiger partial charge in [0, 0.05) is 25.2 Å². The number of nitrogens with one attached hydrogen (secondary N) is 2. The number of hydrogen-bond donors (Lipinski definition) is 3. The minimum atomic E-state index is 0.316. The highest BCUT2D eigenvalue weighted by atomic mass is 16.2. The monoisotopic (exact) mass is 186 g/mol. The number of hydrogen-bond acceptors (Lipinski definition) is 3. The van der Waals surface area contributed by atoms with Crippen LogP contribution in [0.4, 0.5) is 0 Å². The normalized spacial score (nSPS) is 18.9. The molecule has 1 aliphatic rings. The summed E-state index contributed by atoms with van der Waals surface area (Å²) in [6.45, 7) is 4.61. The molecule has 78 valence electrons. The van der Waals surface area contributed by atoms with E-state index in [2.05, 4.69) is 17.6 Å². The Morgan fingerprint density at radius 2 is 2.15 bits per heavy atom. The van der Waals surface area contributed by atoms with Gasteiger partial charge in [0.05, 0.1) is 0 Å². The lowest BCUT2D eigenvalue weighted by Crippen LogP contribution is -2.37. The Balaban J connectivity index is 1.81. The zero-order chi connectivity index (χ0) is 9.52. The summed E-state index contributed by atoms with van der Waals surface area (Å²) in [5.41, 5.74) is 0. The molecule has 0 heterocycles. The molecule has 1 atom stereocenters. The maximum absolute atomic E-state index is 8.58. The average Bonchev–Trinajstić information content (AvgIpc) is 2.92. The van der Waals surface area contributed by atoms with Gasteiger partial charge in [0.1, 0.15) is 0 Å². The van der Waals surface area contributed by atoms with Crippen molar-refractivity contribution in [1.82, 2.24) is 10.6 Å². The number of rotatable bonds is 8.